The number of pyridine rings is 1. The molecule has 0 amide bonds. The summed E-state index contributed by atoms with van der Waals surface area (Å²) in [5.74, 6) is 1.11. The molecular formula is C22H23N5O3. The molecule has 30 heavy (non-hydrogen) atoms. The van der Waals surface area contributed by atoms with Crippen molar-refractivity contribution in [3.05, 3.63) is 54.0 Å². The summed E-state index contributed by atoms with van der Waals surface area (Å²) in [6, 6.07) is 11.3. The van der Waals surface area contributed by atoms with Gasteiger partial charge in [0.15, 0.2) is 5.76 Å². The molecule has 0 N–H and O–H groups in total. The monoisotopic (exact) mass is 405 g/mol. The molecule has 8 nitrogen and oxygen atoms in total. The SMILES string of the molecule is CC(C)N=c1ccccn1C(=O)C1CCN(c2oc(-c3ccco3)nc2C#N)CC1. The lowest BCUT2D eigenvalue weighted by molar-refractivity contribution is 0.0806. The summed E-state index contributed by atoms with van der Waals surface area (Å²) in [5, 5.41) is 9.45. The number of carbonyl (C=O) groups is 1. The smallest absolute Gasteiger partial charge is 0.266 e. The van der Waals surface area contributed by atoms with E-state index < -0.39 is 0 Å². The third-order valence-corrected chi connectivity index (χ3v) is 5.04. The van der Waals surface area contributed by atoms with Crippen molar-refractivity contribution in [1.82, 2.24) is 9.55 Å². The molecule has 1 saturated heterocycles. The third kappa shape index (κ3) is 3.92. The van der Waals surface area contributed by atoms with Gasteiger partial charge >= 0.3 is 0 Å². The molecule has 0 bridgehead atoms. The van der Waals surface area contributed by atoms with Gasteiger partial charge in [0.1, 0.15) is 11.6 Å². The van der Waals surface area contributed by atoms with Gasteiger partial charge in [-0.2, -0.15) is 10.2 Å². The molecule has 1 aliphatic rings. The number of aromatic nitrogens is 2. The van der Waals surface area contributed by atoms with Gasteiger partial charge in [0.2, 0.25) is 17.5 Å². The Balaban J connectivity index is 1.50. The van der Waals surface area contributed by atoms with Crippen LogP contribution in [0.15, 0.2) is 56.6 Å². The Kier molecular flexibility index (Phi) is 5.53. The molecule has 4 rings (SSSR count). The number of nitrogens with zero attached hydrogens (tertiary/aromatic N) is 5. The van der Waals surface area contributed by atoms with Gasteiger partial charge in [-0.1, -0.05) is 6.07 Å². The number of hydrogen-bond acceptors (Lipinski definition) is 7. The van der Waals surface area contributed by atoms with Crippen LogP contribution in [0, 0.1) is 17.2 Å². The minimum absolute atomic E-state index is 0.0454. The first-order valence-electron chi connectivity index (χ1n) is 10.0. The van der Waals surface area contributed by atoms with Crippen LogP contribution in [0.1, 0.15) is 37.2 Å². The second-order valence-electron chi connectivity index (χ2n) is 7.51. The Morgan fingerprint density at radius 3 is 2.73 bits per heavy atom. The van der Waals surface area contributed by atoms with Gasteiger partial charge in [0.25, 0.3) is 5.89 Å². The fourth-order valence-electron chi connectivity index (χ4n) is 3.62. The summed E-state index contributed by atoms with van der Waals surface area (Å²) >= 11 is 0. The number of nitriles is 1. The molecule has 154 valence electrons. The van der Waals surface area contributed by atoms with Crippen LogP contribution in [0.3, 0.4) is 0 Å². The normalized spacial score (nSPS) is 15.5. The highest BCUT2D eigenvalue weighted by Crippen LogP contribution is 2.31. The highest BCUT2D eigenvalue weighted by molar-refractivity contribution is 5.81. The summed E-state index contributed by atoms with van der Waals surface area (Å²) in [4.78, 5) is 23.9. The Hall–Kier alpha value is -3.60. The zero-order valence-electron chi connectivity index (χ0n) is 17.0. The van der Waals surface area contributed by atoms with Gasteiger partial charge < -0.3 is 13.7 Å². The number of anilines is 1. The molecule has 0 aliphatic carbocycles. The van der Waals surface area contributed by atoms with Crippen molar-refractivity contribution in [2.24, 2.45) is 10.9 Å². The number of oxazole rings is 1. The number of carbonyl (C=O) groups excluding carboxylic acids is 1. The average Bonchev–Trinajstić information content (AvgIpc) is 3.43. The molecule has 0 saturated carbocycles. The average molecular weight is 405 g/mol. The molecule has 8 heteroatoms. The summed E-state index contributed by atoms with van der Waals surface area (Å²) in [5.41, 5.74) is 0.895. The van der Waals surface area contributed by atoms with Crippen molar-refractivity contribution in [1.29, 1.82) is 5.26 Å². The molecule has 0 radical (unpaired) electrons. The van der Waals surface area contributed by atoms with E-state index in [1.54, 1.807) is 22.9 Å². The fourth-order valence-corrected chi connectivity index (χ4v) is 3.62. The van der Waals surface area contributed by atoms with Gasteiger partial charge in [-0.05, 0) is 51.0 Å². The third-order valence-electron chi connectivity index (χ3n) is 5.04. The molecule has 0 atom stereocenters. The summed E-state index contributed by atoms with van der Waals surface area (Å²) < 4.78 is 12.8. The quantitative estimate of drug-likeness (QED) is 0.659. The van der Waals surface area contributed by atoms with Crippen LogP contribution in [0.4, 0.5) is 5.88 Å². The van der Waals surface area contributed by atoms with Crippen LogP contribution in [-0.2, 0) is 0 Å². The van der Waals surface area contributed by atoms with Crippen molar-refractivity contribution in [2.75, 3.05) is 18.0 Å². The van der Waals surface area contributed by atoms with Crippen LogP contribution in [0.25, 0.3) is 11.7 Å². The maximum atomic E-state index is 13.1. The van der Waals surface area contributed by atoms with Crippen molar-refractivity contribution < 1.29 is 13.6 Å². The number of hydrogen-bond donors (Lipinski definition) is 0. The second kappa shape index (κ2) is 8.41. The topological polar surface area (TPSA) is 101 Å². The Morgan fingerprint density at radius 1 is 1.27 bits per heavy atom. The fraction of sp³-hybridized carbons (Fsp3) is 0.364. The van der Waals surface area contributed by atoms with Gasteiger partial charge in [-0.3, -0.25) is 14.4 Å². The molecule has 0 spiro atoms. The maximum Gasteiger partial charge on any atom is 0.266 e. The van der Waals surface area contributed by atoms with E-state index in [9.17, 15) is 10.1 Å². The lowest BCUT2D eigenvalue weighted by atomic mass is 9.95. The van der Waals surface area contributed by atoms with E-state index in [1.807, 2.05) is 36.9 Å². The van der Waals surface area contributed by atoms with E-state index in [2.05, 4.69) is 16.0 Å². The molecule has 3 aromatic heterocycles. The molecule has 3 aromatic rings. The highest BCUT2D eigenvalue weighted by Gasteiger charge is 2.30. The second-order valence-corrected chi connectivity index (χ2v) is 7.51. The van der Waals surface area contributed by atoms with Gasteiger partial charge in [-0.25, -0.2) is 0 Å². The first kappa shape index (κ1) is 19.7. The van der Waals surface area contributed by atoms with Gasteiger partial charge in [0, 0.05) is 31.2 Å². The van der Waals surface area contributed by atoms with Crippen LogP contribution in [0.2, 0.25) is 0 Å². The lowest BCUT2D eigenvalue weighted by Crippen LogP contribution is -2.40. The van der Waals surface area contributed by atoms with Crippen LogP contribution < -0.4 is 10.4 Å². The molecule has 0 aromatic carbocycles. The number of piperidine rings is 1. The maximum absolute atomic E-state index is 13.1. The molecule has 1 fully saturated rings. The van der Waals surface area contributed by atoms with E-state index in [-0.39, 0.29) is 29.5 Å². The van der Waals surface area contributed by atoms with E-state index in [0.717, 1.165) is 0 Å². The van der Waals surface area contributed by atoms with Crippen molar-refractivity contribution >= 4 is 11.8 Å². The largest absolute Gasteiger partial charge is 0.459 e. The van der Waals surface area contributed by atoms with Crippen LogP contribution in [0.5, 0.6) is 0 Å². The first-order valence-corrected chi connectivity index (χ1v) is 10.0. The van der Waals surface area contributed by atoms with E-state index in [1.165, 1.54) is 6.26 Å². The highest BCUT2D eigenvalue weighted by atomic mass is 16.4. The zero-order valence-corrected chi connectivity index (χ0v) is 17.0. The standard InChI is InChI=1S/C22H23N5O3/c1-15(2)24-19-7-3-4-10-27(19)21(28)16-8-11-26(12-9-16)22-17(14-23)25-20(30-22)18-6-5-13-29-18/h3-7,10,13,15-16H,8-9,11-12H2,1-2H3. The number of rotatable bonds is 4. The Bertz CT molecular complexity index is 1130. The van der Waals surface area contributed by atoms with Crippen molar-refractivity contribution in [3.63, 3.8) is 0 Å². The van der Waals surface area contributed by atoms with E-state index >= 15 is 0 Å². The van der Waals surface area contributed by atoms with Crippen molar-refractivity contribution in [3.8, 4) is 17.7 Å². The summed E-state index contributed by atoms with van der Waals surface area (Å²) in [6.45, 7) is 5.17. The summed E-state index contributed by atoms with van der Waals surface area (Å²) in [6.07, 6.45) is 4.62. The number of furan rings is 1. The molecule has 0 unspecified atom stereocenters. The van der Waals surface area contributed by atoms with Crippen LogP contribution >= 0.6 is 0 Å². The van der Waals surface area contributed by atoms with Crippen LogP contribution in [-0.4, -0.2) is 34.6 Å². The van der Waals surface area contributed by atoms with E-state index in [0.29, 0.717) is 43.1 Å². The minimum Gasteiger partial charge on any atom is -0.459 e. The Labute approximate surface area is 174 Å². The minimum atomic E-state index is -0.118. The van der Waals surface area contributed by atoms with E-state index in [4.69, 9.17) is 8.83 Å². The lowest BCUT2D eigenvalue weighted by Gasteiger charge is -2.31. The molecular weight excluding hydrogens is 382 g/mol. The molecule has 1 aliphatic heterocycles. The van der Waals surface area contributed by atoms with Gasteiger partial charge in [-0.15, -0.1) is 0 Å². The Morgan fingerprint density at radius 2 is 2.07 bits per heavy atom. The zero-order chi connectivity index (χ0) is 21.1. The molecule has 4 heterocycles. The predicted octanol–water partition coefficient (Wildman–Crippen LogP) is 3.47. The summed E-state index contributed by atoms with van der Waals surface area (Å²) in [7, 11) is 0. The first-order chi connectivity index (χ1) is 14.6. The van der Waals surface area contributed by atoms with Crippen molar-refractivity contribution in [2.45, 2.75) is 32.7 Å². The van der Waals surface area contributed by atoms with Gasteiger partial charge in [0.05, 0.1) is 6.26 Å². The predicted molar refractivity (Wildman–Crippen MR) is 110 cm³/mol.